The predicted molar refractivity (Wildman–Crippen MR) is 110 cm³/mol. The fourth-order valence-corrected chi connectivity index (χ4v) is 2.99. The van der Waals surface area contributed by atoms with Crippen LogP contribution >= 0.6 is 0 Å². The number of carbonyl (C=O) groups is 1. The monoisotopic (exact) mass is 378 g/mol. The number of rotatable bonds is 9. The van der Waals surface area contributed by atoms with Crippen LogP contribution in [0.15, 0.2) is 59.0 Å². The Hall–Kier alpha value is -2.99. The van der Waals surface area contributed by atoms with Gasteiger partial charge < -0.3 is 14.6 Å². The number of hydrogen-bond donors (Lipinski definition) is 1. The molecule has 0 bridgehead atoms. The summed E-state index contributed by atoms with van der Waals surface area (Å²) in [6.45, 7) is 7.83. The van der Waals surface area contributed by atoms with Gasteiger partial charge in [-0.25, -0.2) is 0 Å². The van der Waals surface area contributed by atoms with Gasteiger partial charge in [0.05, 0.1) is 0 Å². The molecule has 3 aromatic rings. The van der Waals surface area contributed by atoms with Gasteiger partial charge in [0, 0.05) is 12.1 Å². The van der Waals surface area contributed by atoms with Gasteiger partial charge >= 0.3 is 11.8 Å². The SMILES string of the molecule is CCN(CC)CCCNC(=O)c1nnc(-c2ccc(-c3ccccc3)cc2)o1. The molecule has 2 aromatic carbocycles. The van der Waals surface area contributed by atoms with Crippen molar-refractivity contribution in [2.75, 3.05) is 26.2 Å². The zero-order valence-electron chi connectivity index (χ0n) is 16.4. The van der Waals surface area contributed by atoms with E-state index in [0.29, 0.717) is 12.4 Å². The molecule has 1 heterocycles. The van der Waals surface area contributed by atoms with Crippen molar-refractivity contribution in [2.24, 2.45) is 0 Å². The first-order valence-corrected chi connectivity index (χ1v) is 9.71. The van der Waals surface area contributed by atoms with Gasteiger partial charge in [0.25, 0.3) is 0 Å². The van der Waals surface area contributed by atoms with Crippen LogP contribution in [-0.4, -0.2) is 47.2 Å². The van der Waals surface area contributed by atoms with Crippen molar-refractivity contribution < 1.29 is 9.21 Å². The summed E-state index contributed by atoms with van der Waals surface area (Å²) in [7, 11) is 0. The molecule has 0 saturated heterocycles. The molecule has 0 atom stereocenters. The lowest BCUT2D eigenvalue weighted by Crippen LogP contribution is -2.30. The van der Waals surface area contributed by atoms with Crippen LogP contribution in [-0.2, 0) is 0 Å². The minimum Gasteiger partial charge on any atom is -0.412 e. The number of carbonyl (C=O) groups excluding carboxylic acids is 1. The molecular formula is C22H26N4O2. The van der Waals surface area contributed by atoms with Gasteiger partial charge in [-0.2, -0.15) is 0 Å². The van der Waals surface area contributed by atoms with E-state index < -0.39 is 0 Å². The van der Waals surface area contributed by atoms with Crippen molar-refractivity contribution >= 4 is 5.91 Å². The number of amides is 1. The highest BCUT2D eigenvalue weighted by Gasteiger charge is 2.15. The first kappa shape index (κ1) is 19.8. The summed E-state index contributed by atoms with van der Waals surface area (Å²) >= 11 is 0. The summed E-state index contributed by atoms with van der Waals surface area (Å²) in [6, 6.07) is 18.0. The van der Waals surface area contributed by atoms with E-state index in [0.717, 1.165) is 42.7 Å². The first-order chi connectivity index (χ1) is 13.7. The molecule has 146 valence electrons. The fourth-order valence-electron chi connectivity index (χ4n) is 2.99. The van der Waals surface area contributed by atoms with Gasteiger partial charge in [0.2, 0.25) is 5.89 Å². The Kier molecular flexibility index (Phi) is 6.92. The molecule has 0 fully saturated rings. The number of aromatic nitrogens is 2. The van der Waals surface area contributed by atoms with E-state index in [4.69, 9.17) is 4.42 Å². The third-order valence-electron chi connectivity index (χ3n) is 4.69. The second-order valence-corrected chi connectivity index (χ2v) is 6.49. The molecule has 1 aromatic heterocycles. The second kappa shape index (κ2) is 9.80. The molecule has 3 rings (SSSR count). The van der Waals surface area contributed by atoms with Gasteiger partial charge in [0.15, 0.2) is 0 Å². The van der Waals surface area contributed by atoms with E-state index >= 15 is 0 Å². The zero-order valence-corrected chi connectivity index (χ0v) is 16.4. The minimum atomic E-state index is -0.334. The molecule has 6 nitrogen and oxygen atoms in total. The number of benzene rings is 2. The summed E-state index contributed by atoms with van der Waals surface area (Å²) in [5.74, 6) is -0.00270. The lowest BCUT2D eigenvalue weighted by Gasteiger charge is -2.17. The third-order valence-corrected chi connectivity index (χ3v) is 4.69. The first-order valence-electron chi connectivity index (χ1n) is 9.71. The maximum atomic E-state index is 12.2. The molecule has 0 saturated carbocycles. The standard InChI is InChI=1S/C22H26N4O2/c1-3-26(4-2)16-8-15-23-20(27)22-25-24-21(28-22)19-13-11-18(12-14-19)17-9-6-5-7-10-17/h5-7,9-14H,3-4,8,15-16H2,1-2H3,(H,23,27). The highest BCUT2D eigenvalue weighted by Crippen LogP contribution is 2.24. The lowest BCUT2D eigenvalue weighted by atomic mass is 10.0. The second-order valence-electron chi connectivity index (χ2n) is 6.49. The van der Waals surface area contributed by atoms with E-state index in [1.54, 1.807) is 0 Å². The molecule has 0 radical (unpaired) electrons. The van der Waals surface area contributed by atoms with Gasteiger partial charge in [-0.1, -0.05) is 56.3 Å². The van der Waals surface area contributed by atoms with Crippen LogP contribution in [0.2, 0.25) is 0 Å². The van der Waals surface area contributed by atoms with Crippen molar-refractivity contribution in [3.8, 4) is 22.6 Å². The summed E-state index contributed by atoms with van der Waals surface area (Å²) in [5, 5.41) is 10.7. The van der Waals surface area contributed by atoms with Crippen molar-refractivity contribution in [1.82, 2.24) is 20.4 Å². The highest BCUT2D eigenvalue weighted by atomic mass is 16.4. The van der Waals surface area contributed by atoms with Crippen LogP contribution in [0.5, 0.6) is 0 Å². The molecule has 0 unspecified atom stereocenters. The number of nitrogens with one attached hydrogen (secondary N) is 1. The van der Waals surface area contributed by atoms with E-state index in [9.17, 15) is 4.79 Å². The molecule has 0 aliphatic heterocycles. The van der Waals surface area contributed by atoms with Crippen molar-refractivity contribution in [3.63, 3.8) is 0 Å². The van der Waals surface area contributed by atoms with Gasteiger partial charge in [-0.15, -0.1) is 10.2 Å². The van der Waals surface area contributed by atoms with Gasteiger partial charge in [0.1, 0.15) is 0 Å². The largest absolute Gasteiger partial charge is 0.412 e. The maximum absolute atomic E-state index is 12.2. The van der Waals surface area contributed by atoms with Crippen LogP contribution in [0.1, 0.15) is 31.0 Å². The summed E-state index contributed by atoms with van der Waals surface area (Å²) in [5.41, 5.74) is 3.03. The number of hydrogen-bond acceptors (Lipinski definition) is 5. The Bertz CT molecular complexity index is 871. The summed E-state index contributed by atoms with van der Waals surface area (Å²) in [6.07, 6.45) is 0.884. The van der Waals surface area contributed by atoms with Gasteiger partial charge in [-0.3, -0.25) is 4.79 Å². The van der Waals surface area contributed by atoms with Crippen LogP contribution < -0.4 is 5.32 Å². The van der Waals surface area contributed by atoms with Crippen LogP contribution in [0.3, 0.4) is 0 Å². The average molecular weight is 378 g/mol. The molecule has 28 heavy (non-hydrogen) atoms. The van der Waals surface area contributed by atoms with E-state index in [2.05, 4.69) is 46.4 Å². The Morgan fingerprint density at radius 3 is 2.25 bits per heavy atom. The van der Waals surface area contributed by atoms with Crippen molar-refractivity contribution in [2.45, 2.75) is 20.3 Å². The molecule has 0 aliphatic rings. The quantitative estimate of drug-likeness (QED) is 0.573. The molecule has 1 N–H and O–H groups in total. The van der Waals surface area contributed by atoms with Crippen molar-refractivity contribution in [3.05, 3.63) is 60.5 Å². The van der Waals surface area contributed by atoms with E-state index in [1.165, 1.54) is 0 Å². The maximum Gasteiger partial charge on any atom is 0.308 e. The Labute approximate surface area is 165 Å². The molecular weight excluding hydrogens is 352 g/mol. The Morgan fingerprint density at radius 1 is 0.929 bits per heavy atom. The Balaban J connectivity index is 1.57. The third kappa shape index (κ3) is 5.04. The van der Waals surface area contributed by atoms with Crippen LogP contribution in [0.4, 0.5) is 0 Å². The minimum absolute atomic E-state index is 0.00928. The molecule has 6 heteroatoms. The normalized spacial score (nSPS) is 11.0. The average Bonchev–Trinajstić information content (AvgIpc) is 3.25. The Morgan fingerprint density at radius 2 is 1.57 bits per heavy atom. The van der Waals surface area contributed by atoms with E-state index in [-0.39, 0.29) is 11.8 Å². The van der Waals surface area contributed by atoms with Crippen LogP contribution in [0.25, 0.3) is 22.6 Å². The molecule has 0 aliphatic carbocycles. The fraction of sp³-hybridized carbons (Fsp3) is 0.318. The lowest BCUT2D eigenvalue weighted by molar-refractivity contribution is 0.0918. The highest BCUT2D eigenvalue weighted by molar-refractivity contribution is 5.89. The zero-order chi connectivity index (χ0) is 19.8. The number of nitrogens with zero attached hydrogens (tertiary/aromatic N) is 3. The van der Waals surface area contributed by atoms with Gasteiger partial charge in [-0.05, 0) is 49.3 Å². The van der Waals surface area contributed by atoms with E-state index in [1.807, 2.05) is 42.5 Å². The summed E-state index contributed by atoms with van der Waals surface area (Å²) in [4.78, 5) is 14.5. The summed E-state index contributed by atoms with van der Waals surface area (Å²) < 4.78 is 5.55. The van der Waals surface area contributed by atoms with Crippen LogP contribution in [0, 0.1) is 0 Å². The molecule has 0 spiro atoms. The predicted octanol–water partition coefficient (Wildman–Crippen LogP) is 3.87. The van der Waals surface area contributed by atoms with Crippen molar-refractivity contribution in [1.29, 1.82) is 0 Å². The molecule has 1 amide bonds. The smallest absolute Gasteiger partial charge is 0.308 e. The topological polar surface area (TPSA) is 71.3 Å².